The number of carbonyl (C=O) groups excluding carboxylic acids is 1. The number of hydrogen-bond acceptors (Lipinski definition) is 3. The third kappa shape index (κ3) is 7.11. The molecule has 1 amide bonds. The molecule has 0 heterocycles. The van der Waals surface area contributed by atoms with Crippen molar-refractivity contribution in [3.05, 3.63) is 29.3 Å². The Bertz CT molecular complexity index is 492. The highest BCUT2D eigenvalue weighted by Gasteiger charge is 2.14. The van der Waals surface area contributed by atoms with Gasteiger partial charge in [0.1, 0.15) is 0 Å². The van der Waals surface area contributed by atoms with Gasteiger partial charge in [-0.3, -0.25) is 14.5 Å². The second-order valence-corrected chi connectivity index (χ2v) is 5.56. The lowest BCUT2D eigenvalue weighted by molar-refractivity contribution is -0.137. The average molecular weight is 313 g/mol. The molecule has 116 valence electrons. The van der Waals surface area contributed by atoms with Gasteiger partial charge in [0.05, 0.1) is 6.54 Å². The molecule has 0 aliphatic carbocycles. The second kappa shape index (κ2) is 8.64. The van der Waals surface area contributed by atoms with E-state index in [9.17, 15) is 9.59 Å². The quantitative estimate of drug-likeness (QED) is 0.774. The second-order valence-electron chi connectivity index (χ2n) is 5.12. The van der Waals surface area contributed by atoms with Crippen LogP contribution in [0, 0.1) is 0 Å². The normalized spacial score (nSPS) is 10.9. The molecule has 0 unspecified atom stereocenters. The lowest BCUT2D eigenvalue weighted by Gasteiger charge is -2.25. The maximum atomic E-state index is 12.0. The first-order valence-corrected chi connectivity index (χ1v) is 7.27. The number of carboxylic acids is 1. The summed E-state index contributed by atoms with van der Waals surface area (Å²) in [6, 6.07) is 7.13. The lowest BCUT2D eigenvalue weighted by Crippen LogP contribution is -2.38. The van der Waals surface area contributed by atoms with Crippen molar-refractivity contribution in [3.8, 4) is 0 Å². The Balaban J connectivity index is 2.50. The van der Waals surface area contributed by atoms with Crippen LogP contribution >= 0.6 is 11.6 Å². The van der Waals surface area contributed by atoms with Gasteiger partial charge in [-0.1, -0.05) is 17.7 Å². The van der Waals surface area contributed by atoms with Crippen LogP contribution in [0.5, 0.6) is 0 Å². The van der Waals surface area contributed by atoms with Crippen molar-refractivity contribution in [3.63, 3.8) is 0 Å². The SMILES string of the molecule is CC(C)N(CCCC(=O)O)CC(=O)Nc1cccc(Cl)c1. The largest absolute Gasteiger partial charge is 0.481 e. The van der Waals surface area contributed by atoms with Gasteiger partial charge in [0.2, 0.25) is 5.91 Å². The fourth-order valence-corrected chi connectivity index (χ4v) is 2.09. The molecule has 0 aromatic heterocycles. The van der Waals surface area contributed by atoms with E-state index in [1.54, 1.807) is 24.3 Å². The molecule has 0 saturated carbocycles. The van der Waals surface area contributed by atoms with Crippen molar-refractivity contribution in [1.82, 2.24) is 4.90 Å². The van der Waals surface area contributed by atoms with E-state index in [0.717, 1.165) is 0 Å². The maximum absolute atomic E-state index is 12.0. The zero-order chi connectivity index (χ0) is 15.8. The van der Waals surface area contributed by atoms with Crippen LogP contribution in [0.3, 0.4) is 0 Å². The van der Waals surface area contributed by atoms with E-state index in [4.69, 9.17) is 16.7 Å². The first-order valence-electron chi connectivity index (χ1n) is 6.89. The zero-order valence-electron chi connectivity index (χ0n) is 12.3. The van der Waals surface area contributed by atoms with E-state index in [1.807, 2.05) is 18.7 Å². The van der Waals surface area contributed by atoms with Crippen molar-refractivity contribution in [1.29, 1.82) is 0 Å². The van der Waals surface area contributed by atoms with Gasteiger partial charge in [0.15, 0.2) is 0 Å². The van der Waals surface area contributed by atoms with Crippen LogP contribution in [0.15, 0.2) is 24.3 Å². The molecule has 0 radical (unpaired) electrons. The van der Waals surface area contributed by atoms with Crippen molar-refractivity contribution in [2.75, 3.05) is 18.4 Å². The summed E-state index contributed by atoms with van der Waals surface area (Å²) in [4.78, 5) is 24.5. The molecule has 0 bridgehead atoms. The molecule has 5 nitrogen and oxygen atoms in total. The Morgan fingerprint density at radius 2 is 2.10 bits per heavy atom. The third-order valence-corrected chi connectivity index (χ3v) is 3.26. The predicted octanol–water partition coefficient (Wildman–Crippen LogP) is 2.85. The van der Waals surface area contributed by atoms with Crippen LogP contribution in [-0.4, -0.2) is 41.0 Å². The van der Waals surface area contributed by atoms with Crippen LogP contribution < -0.4 is 5.32 Å². The summed E-state index contributed by atoms with van der Waals surface area (Å²) in [7, 11) is 0. The number of carboxylic acid groups (broad SMARTS) is 1. The van der Waals surface area contributed by atoms with Gasteiger partial charge in [-0.2, -0.15) is 0 Å². The summed E-state index contributed by atoms with van der Waals surface area (Å²) in [5, 5.41) is 12.0. The minimum Gasteiger partial charge on any atom is -0.481 e. The minimum absolute atomic E-state index is 0.110. The molecule has 1 aromatic carbocycles. The Hall–Kier alpha value is -1.59. The molecule has 0 fully saturated rings. The first kappa shape index (κ1) is 17.5. The number of aliphatic carboxylic acids is 1. The van der Waals surface area contributed by atoms with E-state index >= 15 is 0 Å². The van der Waals surface area contributed by atoms with Gasteiger partial charge in [-0.25, -0.2) is 0 Å². The summed E-state index contributed by atoms with van der Waals surface area (Å²) in [6.45, 7) is 4.76. The Labute approximate surface area is 129 Å². The van der Waals surface area contributed by atoms with Gasteiger partial charge in [-0.05, 0) is 45.0 Å². The molecular formula is C15H21ClN2O3. The summed E-state index contributed by atoms with van der Waals surface area (Å²) >= 11 is 5.87. The van der Waals surface area contributed by atoms with E-state index in [0.29, 0.717) is 23.7 Å². The van der Waals surface area contributed by atoms with Crippen LogP contribution in [0.1, 0.15) is 26.7 Å². The molecule has 0 spiro atoms. The van der Waals surface area contributed by atoms with Crippen molar-refractivity contribution >= 4 is 29.2 Å². The van der Waals surface area contributed by atoms with Gasteiger partial charge >= 0.3 is 5.97 Å². The highest BCUT2D eigenvalue weighted by Crippen LogP contribution is 2.15. The minimum atomic E-state index is -0.818. The van der Waals surface area contributed by atoms with Gasteiger partial charge in [0.25, 0.3) is 0 Å². The molecular weight excluding hydrogens is 292 g/mol. The fraction of sp³-hybridized carbons (Fsp3) is 0.467. The van der Waals surface area contributed by atoms with Gasteiger partial charge in [0, 0.05) is 23.2 Å². The number of rotatable bonds is 8. The highest BCUT2D eigenvalue weighted by atomic mass is 35.5. The smallest absolute Gasteiger partial charge is 0.303 e. The molecule has 0 saturated heterocycles. The van der Waals surface area contributed by atoms with Crippen molar-refractivity contribution < 1.29 is 14.7 Å². The summed E-state index contributed by atoms with van der Waals surface area (Å²) < 4.78 is 0. The number of anilines is 1. The zero-order valence-corrected chi connectivity index (χ0v) is 13.1. The summed E-state index contributed by atoms with van der Waals surface area (Å²) in [6.07, 6.45) is 0.636. The van der Waals surface area contributed by atoms with Crippen molar-refractivity contribution in [2.24, 2.45) is 0 Å². The van der Waals surface area contributed by atoms with Crippen LogP contribution in [0.25, 0.3) is 0 Å². The molecule has 6 heteroatoms. The number of carbonyl (C=O) groups is 2. The molecule has 0 aliphatic heterocycles. The van der Waals surface area contributed by atoms with E-state index in [2.05, 4.69) is 5.32 Å². The first-order chi connectivity index (χ1) is 9.88. The lowest BCUT2D eigenvalue weighted by atomic mass is 10.2. The van der Waals surface area contributed by atoms with Crippen LogP contribution in [0.4, 0.5) is 5.69 Å². The molecule has 1 rings (SSSR count). The van der Waals surface area contributed by atoms with E-state index < -0.39 is 5.97 Å². The summed E-state index contributed by atoms with van der Waals surface area (Å²) in [5.74, 6) is -0.955. The van der Waals surface area contributed by atoms with E-state index in [1.165, 1.54) is 0 Å². The van der Waals surface area contributed by atoms with Gasteiger partial charge in [-0.15, -0.1) is 0 Å². The number of nitrogens with zero attached hydrogens (tertiary/aromatic N) is 1. The fourth-order valence-electron chi connectivity index (χ4n) is 1.90. The Morgan fingerprint density at radius 3 is 2.67 bits per heavy atom. The standard InChI is InChI=1S/C15H21ClN2O3/c1-11(2)18(8-4-7-15(20)21)10-14(19)17-13-6-3-5-12(16)9-13/h3,5-6,9,11H,4,7-8,10H2,1-2H3,(H,17,19)(H,20,21). The topological polar surface area (TPSA) is 69.6 Å². The molecule has 2 N–H and O–H groups in total. The van der Waals surface area contributed by atoms with Crippen LogP contribution in [-0.2, 0) is 9.59 Å². The average Bonchev–Trinajstić information content (AvgIpc) is 2.36. The van der Waals surface area contributed by atoms with E-state index in [-0.39, 0.29) is 24.9 Å². The Kier molecular flexibility index (Phi) is 7.19. The van der Waals surface area contributed by atoms with Crippen molar-refractivity contribution in [2.45, 2.75) is 32.7 Å². The number of halogens is 1. The highest BCUT2D eigenvalue weighted by molar-refractivity contribution is 6.30. The number of benzene rings is 1. The number of nitrogens with one attached hydrogen (secondary N) is 1. The third-order valence-electron chi connectivity index (χ3n) is 3.02. The number of hydrogen-bond donors (Lipinski definition) is 2. The van der Waals surface area contributed by atoms with Gasteiger partial charge < -0.3 is 10.4 Å². The monoisotopic (exact) mass is 312 g/mol. The Morgan fingerprint density at radius 1 is 1.38 bits per heavy atom. The maximum Gasteiger partial charge on any atom is 0.303 e. The number of amides is 1. The molecule has 0 atom stereocenters. The molecule has 1 aromatic rings. The molecule has 21 heavy (non-hydrogen) atoms. The summed E-state index contributed by atoms with van der Waals surface area (Å²) in [5.41, 5.74) is 0.654. The van der Waals surface area contributed by atoms with Crippen LogP contribution in [0.2, 0.25) is 5.02 Å². The molecule has 0 aliphatic rings. The predicted molar refractivity (Wildman–Crippen MR) is 83.7 cm³/mol.